The van der Waals surface area contributed by atoms with Crippen molar-refractivity contribution >= 4 is 23.8 Å². The molecular weight excluding hydrogens is 401 g/mol. The van der Waals surface area contributed by atoms with Gasteiger partial charge in [-0.25, -0.2) is 0 Å². The second kappa shape index (κ2) is 12.7. The number of halogens is 1. The molecule has 1 aliphatic rings. The van der Waals surface area contributed by atoms with E-state index >= 15 is 0 Å². The SMILES string of the molecule is [CH]1C=CC=C1.[Cl-].[Ni].c1ccc(P(c2ccccc2)c2ccccc2)cc1. The van der Waals surface area contributed by atoms with Gasteiger partial charge in [0.1, 0.15) is 0 Å². The Hall–Kier alpha value is -1.65. The van der Waals surface area contributed by atoms with E-state index in [1.807, 2.05) is 30.7 Å². The van der Waals surface area contributed by atoms with Crippen molar-refractivity contribution in [3.05, 3.63) is 122 Å². The van der Waals surface area contributed by atoms with Gasteiger partial charge in [-0.1, -0.05) is 115 Å². The summed E-state index contributed by atoms with van der Waals surface area (Å²) >= 11 is 0. The van der Waals surface area contributed by atoms with Gasteiger partial charge in [0.25, 0.3) is 0 Å². The minimum Gasteiger partial charge on any atom is -1.00 e. The Labute approximate surface area is 174 Å². The van der Waals surface area contributed by atoms with Crippen molar-refractivity contribution in [2.45, 2.75) is 0 Å². The Morgan fingerprint density at radius 2 is 0.731 bits per heavy atom. The molecule has 0 fully saturated rings. The molecule has 3 aromatic carbocycles. The van der Waals surface area contributed by atoms with Crippen LogP contribution < -0.4 is 28.3 Å². The van der Waals surface area contributed by atoms with Crippen molar-refractivity contribution < 1.29 is 28.9 Å². The average molecular weight is 422 g/mol. The van der Waals surface area contributed by atoms with Crippen LogP contribution in [0.5, 0.6) is 0 Å². The van der Waals surface area contributed by atoms with E-state index in [4.69, 9.17) is 0 Å². The van der Waals surface area contributed by atoms with E-state index in [0.717, 1.165) is 0 Å². The van der Waals surface area contributed by atoms with Crippen LogP contribution in [0.15, 0.2) is 115 Å². The normalized spacial score (nSPS) is 11.1. The second-order valence-corrected chi connectivity index (χ2v) is 7.52. The topological polar surface area (TPSA) is 0 Å². The van der Waals surface area contributed by atoms with E-state index in [2.05, 4.69) is 91.0 Å². The molecule has 0 N–H and O–H groups in total. The summed E-state index contributed by atoms with van der Waals surface area (Å²) in [6.07, 6.45) is 10.0. The zero-order valence-corrected chi connectivity index (χ0v) is 16.8. The predicted molar refractivity (Wildman–Crippen MR) is 108 cm³/mol. The number of benzene rings is 3. The molecule has 0 bridgehead atoms. The Morgan fingerprint density at radius 3 is 0.962 bits per heavy atom. The van der Waals surface area contributed by atoms with Gasteiger partial charge in [-0.05, 0) is 23.8 Å². The Morgan fingerprint density at radius 1 is 0.423 bits per heavy atom. The van der Waals surface area contributed by atoms with Gasteiger partial charge in [0.2, 0.25) is 0 Å². The minimum absolute atomic E-state index is 0. The summed E-state index contributed by atoms with van der Waals surface area (Å²) in [5.41, 5.74) is 0. The van der Waals surface area contributed by atoms with Crippen LogP contribution in [0.1, 0.15) is 0 Å². The first-order valence-electron chi connectivity index (χ1n) is 8.07. The van der Waals surface area contributed by atoms with Gasteiger partial charge >= 0.3 is 0 Å². The molecule has 135 valence electrons. The summed E-state index contributed by atoms with van der Waals surface area (Å²) in [6, 6.07) is 32.3. The standard InChI is InChI=1S/C18H15P.C5H5.ClH.Ni/c1-4-10-16(11-5-1)19(17-12-6-2-7-13-17)18-14-8-3-9-15-18;1-2-4-5-3-1;;/h1-15H;1-5H;1H;/p-1. The fraction of sp³-hybridized carbons (Fsp3) is 0. The number of rotatable bonds is 3. The van der Waals surface area contributed by atoms with Crippen LogP contribution in [0, 0.1) is 6.42 Å². The van der Waals surface area contributed by atoms with Crippen LogP contribution in [0.2, 0.25) is 0 Å². The molecule has 1 aliphatic carbocycles. The van der Waals surface area contributed by atoms with E-state index in [0.29, 0.717) is 0 Å². The molecule has 0 saturated heterocycles. The van der Waals surface area contributed by atoms with E-state index in [9.17, 15) is 0 Å². The summed E-state index contributed by atoms with van der Waals surface area (Å²) < 4.78 is 0. The molecule has 0 unspecified atom stereocenters. The molecule has 0 atom stereocenters. The van der Waals surface area contributed by atoms with Gasteiger partial charge in [0, 0.05) is 22.9 Å². The van der Waals surface area contributed by atoms with E-state index < -0.39 is 7.92 Å². The zero-order valence-electron chi connectivity index (χ0n) is 14.2. The Balaban J connectivity index is 0.000000421. The van der Waals surface area contributed by atoms with Crippen LogP contribution in [-0.2, 0) is 16.5 Å². The van der Waals surface area contributed by atoms with Crippen molar-refractivity contribution in [2.24, 2.45) is 0 Å². The Bertz CT molecular complexity index is 682. The van der Waals surface area contributed by atoms with Crippen LogP contribution in [-0.4, -0.2) is 0 Å². The third kappa shape index (κ3) is 6.58. The Kier molecular flexibility index (Phi) is 10.9. The molecular formula is C23H20ClNiP-. The minimum atomic E-state index is -0.446. The maximum Gasteiger partial charge on any atom is 0.00506 e. The van der Waals surface area contributed by atoms with Crippen molar-refractivity contribution in [3.8, 4) is 0 Å². The van der Waals surface area contributed by atoms with Crippen molar-refractivity contribution in [1.82, 2.24) is 0 Å². The average Bonchev–Trinajstić information content (AvgIpc) is 3.25. The van der Waals surface area contributed by atoms with Crippen molar-refractivity contribution in [1.29, 1.82) is 0 Å². The maximum atomic E-state index is 2.23. The smallest absolute Gasteiger partial charge is 0.00506 e. The molecule has 0 saturated carbocycles. The zero-order chi connectivity index (χ0) is 16.5. The number of hydrogen-bond acceptors (Lipinski definition) is 0. The second-order valence-electron chi connectivity index (χ2n) is 5.30. The monoisotopic (exact) mass is 420 g/mol. The number of allylic oxidation sites excluding steroid dienone is 4. The summed E-state index contributed by atoms with van der Waals surface area (Å²) in [4.78, 5) is 0. The van der Waals surface area contributed by atoms with Gasteiger partial charge < -0.3 is 12.4 Å². The third-order valence-corrected chi connectivity index (χ3v) is 6.04. The van der Waals surface area contributed by atoms with E-state index in [1.165, 1.54) is 15.9 Å². The molecule has 0 spiro atoms. The molecule has 0 amide bonds. The van der Waals surface area contributed by atoms with Crippen LogP contribution in [0.4, 0.5) is 0 Å². The van der Waals surface area contributed by atoms with E-state index in [-0.39, 0.29) is 28.9 Å². The first kappa shape index (κ1) is 22.4. The largest absolute Gasteiger partial charge is 1.00 e. The predicted octanol–water partition coefficient (Wildman–Crippen LogP) is 1.76. The quantitative estimate of drug-likeness (QED) is 0.447. The number of hydrogen-bond donors (Lipinski definition) is 0. The molecule has 0 aliphatic heterocycles. The van der Waals surface area contributed by atoms with Gasteiger partial charge in [-0.3, -0.25) is 0 Å². The van der Waals surface area contributed by atoms with Crippen LogP contribution in [0.25, 0.3) is 0 Å². The summed E-state index contributed by atoms with van der Waals surface area (Å²) in [7, 11) is -0.446. The van der Waals surface area contributed by atoms with Crippen molar-refractivity contribution in [2.75, 3.05) is 0 Å². The van der Waals surface area contributed by atoms with Crippen LogP contribution in [0.3, 0.4) is 0 Å². The molecule has 4 rings (SSSR count). The molecule has 0 aromatic heterocycles. The van der Waals surface area contributed by atoms with Crippen LogP contribution >= 0.6 is 7.92 Å². The first-order valence-corrected chi connectivity index (χ1v) is 9.41. The van der Waals surface area contributed by atoms with Gasteiger partial charge in [-0.15, -0.1) is 0 Å². The first-order chi connectivity index (χ1) is 11.9. The summed E-state index contributed by atoms with van der Waals surface area (Å²) in [5, 5.41) is 4.19. The fourth-order valence-electron chi connectivity index (χ4n) is 2.50. The maximum absolute atomic E-state index is 2.23. The summed E-state index contributed by atoms with van der Waals surface area (Å²) in [6.45, 7) is 0. The molecule has 26 heavy (non-hydrogen) atoms. The third-order valence-electron chi connectivity index (χ3n) is 3.60. The molecule has 3 heteroatoms. The van der Waals surface area contributed by atoms with E-state index in [1.54, 1.807) is 0 Å². The molecule has 3 aromatic rings. The van der Waals surface area contributed by atoms with Crippen molar-refractivity contribution in [3.63, 3.8) is 0 Å². The van der Waals surface area contributed by atoms with Gasteiger partial charge in [-0.2, -0.15) is 0 Å². The van der Waals surface area contributed by atoms with Gasteiger partial charge in [0.05, 0.1) is 0 Å². The van der Waals surface area contributed by atoms with Gasteiger partial charge in [0.15, 0.2) is 0 Å². The summed E-state index contributed by atoms with van der Waals surface area (Å²) in [5.74, 6) is 0. The molecule has 1 radical (unpaired) electrons. The molecule has 0 nitrogen and oxygen atoms in total. The fourth-order valence-corrected chi connectivity index (χ4v) is 4.80. The molecule has 0 heterocycles.